The molecule has 2 bridgehead atoms. The van der Waals surface area contributed by atoms with Crippen LogP contribution in [0.15, 0.2) is 23.8 Å². The molecule has 0 amide bonds. The van der Waals surface area contributed by atoms with Crippen molar-refractivity contribution in [1.82, 2.24) is 0 Å². The average Bonchev–Trinajstić information content (AvgIpc) is 2.34. The van der Waals surface area contributed by atoms with E-state index in [0.29, 0.717) is 12.3 Å². The van der Waals surface area contributed by atoms with Crippen molar-refractivity contribution in [2.45, 2.75) is 64.9 Å². The molecular formula is C17H26O2. The maximum atomic E-state index is 11.9. The topological polar surface area (TPSA) is 26.3 Å². The zero-order chi connectivity index (χ0) is 14.0. The maximum absolute atomic E-state index is 11.9. The molecule has 2 aliphatic carbocycles. The zero-order valence-electron chi connectivity index (χ0n) is 12.5. The minimum atomic E-state index is -0.382. The van der Waals surface area contributed by atoms with Crippen LogP contribution >= 0.6 is 0 Å². The molecule has 0 spiro atoms. The molecule has 19 heavy (non-hydrogen) atoms. The molecular weight excluding hydrogens is 236 g/mol. The summed E-state index contributed by atoms with van der Waals surface area (Å²) < 4.78 is 5.42. The van der Waals surface area contributed by atoms with Gasteiger partial charge < -0.3 is 4.74 Å². The van der Waals surface area contributed by atoms with Crippen LogP contribution in [-0.2, 0) is 9.53 Å². The molecule has 0 aromatic heterocycles. The third-order valence-electron chi connectivity index (χ3n) is 3.91. The molecule has 1 fully saturated rings. The summed E-state index contributed by atoms with van der Waals surface area (Å²) in [7, 11) is 0. The Morgan fingerprint density at radius 1 is 1.42 bits per heavy atom. The molecule has 2 aliphatic rings. The summed E-state index contributed by atoms with van der Waals surface area (Å²) in [5.74, 6) is 1.26. The van der Waals surface area contributed by atoms with Gasteiger partial charge in [0.2, 0.25) is 0 Å². The van der Waals surface area contributed by atoms with Crippen molar-refractivity contribution in [3.8, 4) is 0 Å². The van der Waals surface area contributed by atoms with Gasteiger partial charge in [-0.2, -0.15) is 0 Å². The van der Waals surface area contributed by atoms with Crippen molar-refractivity contribution >= 4 is 5.97 Å². The number of hydrogen-bond acceptors (Lipinski definition) is 2. The molecule has 0 aromatic carbocycles. The highest BCUT2D eigenvalue weighted by Crippen LogP contribution is 2.39. The molecule has 2 heteroatoms. The van der Waals surface area contributed by atoms with E-state index in [1.54, 1.807) is 0 Å². The Kier molecular flexibility index (Phi) is 4.17. The molecule has 0 radical (unpaired) electrons. The number of esters is 1. The van der Waals surface area contributed by atoms with Gasteiger partial charge >= 0.3 is 5.97 Å². The number of carbonyl (C=O) groups excluding carboxylic acids is 1. The molecule has 0 aliphatic heterocycles. The van der Waals surface area contributed by atoms with Gasteiger partial charge in [0.05, 0.1) is 6.42 Å². The highest BCUT2D eigenvalue weighted by Gasteiger charge is 2.27. The minimum absolute atomic E-state index is 0.0868. The summed E-state index contributed by atoms with van der Waals surface area (Å²) in [5, 5.41) is 0. The standard InChI is InChI=1S/C17H26O2/c1-12-5-6-13-8-14(7-12)10-15(9-13)11-16(18)19-17(2,3)4/h10,13-14H,1,5-9,11H2,2-4H3. The van der Waals surface area contributed by atoms with Crippen LogP contribution < -0.4 is 0 Å². The van der Waals surface area contributed by atoms with E-state index in [1.165, 1.54) is 24.0 Å². The second-order valence-corrected chi connectivity index (χ2v) is 7.15. The molecule has 1 saturated carbocycles. The lowest BCUT2D eigenvalue weighted by atomic mass is 9.80. The van der Waals surface area contributed by atoms with E-state index in [0.717, 1.165) is 25.2 Å². The monoisotopic (exact) mass is 262 g/mol. The van der Waals surface area contributed by atoms with Crippen LogP contribution in [0.5, 0.6) is 0 Å². The Bertz CT molecular complexity index is 398. The van der Waals surface area contributed by atoms with E-state index in [1.807, 2.05) is 20.8 Å². The van der Waals surface area contributed by atoms with Crippen molar-refractivity contribution in [1.29, 1.82) is 0 Å². The maximum Gasteiger partial charge on any atom is 0.310 e. The van der Waals surface area contributed by atoms with Gasteiger partial charge in [0.1, 0.15) is 5.60 Å². The molecule has 106 valence electrons. The van der Waals surface area contributed by atoms with E-state index in [9.17, 15) is 4.79 Å². The van der Waals surface area contributed by atoms with Crippen molar-refractivity contribution < 1.29 is 9.53 Å². The lowest BCUT2D eigenvalue weighted by Crippen LogP contribution is -2.24. The van der Waals surface area contributed by atoms with Crippen LogP contribution in [-0.4, -0.2) is 11.6 Å². The number of carbonyl (C=O) groups is 1. The van der Waals surface area contributed by atoms with Gasteiger partial charge in [-0.3, -0.25) is 4.79 Å². The lowest BCUT2D eigenvalue weighted by molar-refractivity contribution is -0.154. The fraction of sp³-hybridized carbons (Fsp3) is 0.706. The highest BCUT2D eigenvalue weighted by atomic mass is 16.6. The first-order chi connectivity index (χ1) is 8.82. The molecule has 2 nitrogen and oxygen atoms in total. The molecule has 2 unspecified atom stereocenters. The third kappa shape index (κ3) is 4.52. The third-order valence-corrected chi connectivity index (χ3v) is 3.91. The van der Waals surface area contributed by atoms with Gasteiger partial charge in [0.25, 0.3) is 0 Å². The van der Waals surface area contributed by atoms with Gasteiger partial charge in [-0.1, -0.05) is 23.8 Å². The van der Waals surface area contributed by atoms with Crippen LogP contribution in [0.2, 0.25) is 0 Å². The SMILES string of the molecule is C=C1CCC2CC(CC(=O)OC(C)(C)C)=CC(C1)C2. The van der Waals surface area contributed by atoms with Crippen LogP contribution in [0.4, 0.5) is 0 Å². The first kappa shape index (κ1) is 14.4. The predicted octanol–water partition coefficient (Wildman–Crippen LogP) is 4.41. The summed E-state index contributed by atoms with van der Waals surface area (Å²) in [4.78, 5) is 11.9. The van der Waals surface area contributed by atoms with E-state index in [4.69, 9.17) is 4.74 Å². The second kappa shape index (κ2) is 5.52. The van der Waals surface area contributed by atoms with Crippen molar-refractivity contribution in [2.24, 2.45) is 11.8 Å². The first-order valence-corrected chi connectivity index (χ1v) is 7.40. The van der Waals surface area contributed by atoms with Crippen molar-refractivity contribution in [2.75, 3.05) is 0 Å². The van der Waals surface area contributed by atoms with Gasteiger partial charge in [-0.05, 0) is 64.7 Å². The quantitative estimate of drug-likeness (QED) is 0.544. The molecule has 2 rings (SSSR count). The van der Waals surface area contributed by atoms with Gasteiger partial charge in [0, 0.05) is 0 Å². The Hall–Kier alpha value is -1.05. The lowest BCUT2D eigenvalue weighted by Gasteiger charge is -2.26. The fourth-order valence-electron chi connectivity index (χ4n) is 3.29. The first-order valence-electron chi connectivity index (χ1n) is 7.40. The average molecular weight is 262 g/mol. The summed E-state index contributed by atoms with van der Waals surface area (Å²) in [5.41, 5.74) is 2.28. The zero-order valence-corrected chi connectivity index (χ0v) is 12.5. The Morgan fingerprint density at radius 2 is 2.16 bits per heavy atom. The van der Waals surface area contributed by atoms with Crippen molar-refractivity contribution in [3.05, 3.63) is 23.8 Å². The molecule has 0 N–H and O–H groups in total. The largest absolute Gasteiger partial charge is 0.460 e. The molecule has 0 aromatic rings. The fourth-order valence-corrected chi connectivity index (χ4v) is 3.29. The summed E-state index contributed by atoms with van der Waals surface area (Å²) >= 11 is 0. The Labute approximate surface area is 116 Å². The molecule has 2 atom stereocenters. The summed E-state index contributed by atoms with van der Waals surface area (Å²) in [6.07, 6.45) is 8.64. The van der Waals surface area contributed by atoms with Crippen molar-refractivity contribution in [3.63, 3.8) is 0 Å². The van der Waals surface area contributed by atoms with E-state index in [-0.39, 0.29) is 11.6 Å². The Morgan fingerprint density at radius 3 is 2.84 bits per heavy atom. The van der Waals surface area contributed by atoms with Gasteiger partial charge in [0.15, 0.2) is 0 Å². The number of rotatable bonds is 2. The summed E-state index contributed by atoms with van der Waals surface area (Å²) in [6.45, 7) is 9.91. The molecule has 0 saturated heterocycles. The van der Waals surface area contributed by atoms with E-state index < -0.39 is 0 Å². The van der Waals surface area contributed by atoms with Gasteiger partial charge in [-0.25, -0.2) is 0 Å². The molecule has 0 heterocycles. The number of ether oxygens (including phenoxy) is 1. The van der Waals surface area contributed by atoms with Crippen LogP contribution in [0.25, 0.3) is 0 Å². The van der Waals surface area contributed by atoms with Crippen LogP contribution in [0, 0.1) is 11.8 Å². The number of allylic oxidation sites excluding steroid dienone is 2. The normalized spacial score (nSPS) is 27.5. The number of hydrogen-bond donors (Lipinski definition) is 0. The van der Waals surface area contributed by atoms with Crippen LogP contribution in [0.3, 0.4) is 0 Å². The van der Waals surface area contributed by atoms with Crippen LogP contribution in [0.1, 0.15) is 59.3 Å². The Balaban J connectivity index is 1.97. The smallest absolute Gasteiger partial charge is 0.310 e. The van der Waals surface area contributed by atoms with E-state index in [2.05, 4.69) is 12.7 Å². The van der Waals surface area contributed by atoms with Gasteiger partial charge in [-0.15, -0.1) is 0 Å². The second-order valence-electron chi connectivity index (χ2n) is 7.15. The highest BCUT2D eigenvalue weighted by molar-refractivity contribution is 5.73. The van der Waals surface area contributed by atoms with E-state index >= 15 is 0 Å². The number of fused-ring (bicyclic) bond motifs is 2. The summed E-state index contributed by atoms with van der Waals surface area (Å²) in [6, 6.07) is 0. The predicted molar refractivity (Wildman–Crippen MR) is 77.8 cm³/mol. The minimum Gasteiger partial charge on any atom is -0.460 e.